The fraction of sp³-hybridized carbons (Fsp3) is 0.615. The highest BCUT2D eigenvalue weighted by Gasteiger charge is 2.50. The van der Waals surface area contributed by atoms with Gasteiger partial charge in [-0.05, 0) is 24.7 Å². The first-order valence-corrected chi connectivity index (χ1v) is 6.51. The average Bonchev–Trinajstić information content (AvgIpc) is 3.12. The number of fused-ring (bicyclic) bond motifs is 1. The Kier molecular flexibility index (Phi) is 3.00. The van der Waals surface area contributed by atoms with E-state index < -0.39 is 6.04 Å². The van der Waals surface area contributed by atoms with E-state index in [1.165, 1.54) is 19.4 Å². The number of amides is 1. The minimum Gasteiger partial charge on any atom is -0.467 e. The summed E-state index contributed by atoms with van der Waals surface area (Å²) in [4.78, 5) is 25.9. The van der Waals surface area contributed by atoms with Crippen LogP contribution in [0.1, 0.15) is 29.8 Å². The molecule has 6 nitrogen and oxygen atoms in total. The monoisotopic (exact) mass is 264 g/mol. The van der Waals surface area contributed by atoms with Gasteiger partial charge in [0.2, 0.25) is 0 Å². The molecule has 3 rings (SSSR count). The molecular formula is C13H16N2O4. The van der Waals surface area contributed by atoms with Gasteiger partial charge in [-0.3, -0.25) is 4.79 Å². The third-order valence-corrected chi connectivity index (χ3v) is 4.25. The Morgan fingerprint density at radius 1 is 1.47 bits per heavy atom. The molecule has 0 radical (unpaired) electrons. The molecule has 0 unspecified atom stereocenters. The Hall–Kier alpha value is -1.85. The summed E-state index contributed by atoms with van der Waals surface area (Å²) >= 11 is 0. The van der Waals surface area contributed by atoms with Gasteiger partial charge in [-0.15, -0.1) is 0 Å². The van der Waals surface area contributed by atoms with Crippen LogP contribution in [-0.2, 0) is 9.53 Å². The minimum absolute atomic E-state index is 0.225. The zero-order valence-corrected chi connectivity index (χ0v) is 10.7. The van der Waals surface area contributed by atoms with Gasteiger partial charge >= 0.3 is 5.97 Å². The maximum absolute atomic E-state index is 12.4. The lowest BCUT2D eigenvalue weighted by Gasteiger charge is -2.24. The average molecular weight is 264 g/mol. The number of methoxy groups -OCH3 is 1. The summed E-state index contributed by atoms with van der Waals surface area (Å²) in [5, 5.41) is 3.66. The van der Waals surface area contributed by atoms with Crippen LogP contribution in [0.4, 0.5) is 0 Å². The summed E-state index contributed by atoms with van der Waals surface area (Å²) < 4.78 is 9.56. The Balaban J connectivity index is 1.87. The molecule has 3 atom stereocenters. The fourth-order valence-electron chi connectivity index (χ4n) is 3.41. The maximum Gasteiger partial charge on any atom is 0.328 e. The number of rotatable bonds is 2. The lowest BCUT2D eigenvalue weighted by molar-refractivity contribution is -0.146. The van der Waals surface area contributed by atoms with E-state index in [0.29, 0.717) is 12.5 Å². The normalized spacial score (nSPS) is 29.3. The molecule has 0 spiro atoms. The summed E-state index contributed by atoms with van der Waals surface area (Å²) in [6.45, 7) is 0.607. The van der Waals surface area contributed by atoms with Crippen molar-refractivity contribution in [2.45, 2.75) is 25.3 Å². The molecular weight excluding hydrogens is 248 g/mol. The molecule has 0 bridgehead atoms. The number of likely N-dealkylation sites (tertiary alicyclic amines) is 1. The predicted octanol–water partition coefficient (Wildman–Crippen LogP) is 1.09. The maximum atomic E-state index is 12.4. The van der Waals surface area contributed by atoms with Gasteiger partial charge in [-0.1, -0.05) is 11.6 Å². The van der Waals surface area contributed by atoms with Gasteiger partial charge < -0.3 is 14.2 Å². The Morgan fingerprint density at radius 2 is 2.32 bits per heavy atom. The summed E-state index contributed by atoms with van der Waals surface area (Å²) in [6, 6.07) is 1.05. The molecule has 2 fully saturated rings. The van der Waals surface area contributed by atoms with E-state index in [9.17, 15) is 9.59 Å². The molecule has 19 heavy (non-hydrogen) atoms. The molecule has 6 heteroatoms. The van der Waals surface area contributed by atoms with Crippen LogP contribution in [0.25, 0.3) is 0 Å². The number of aromatic nitrogens is 1. The van der Waals surface area contributed by atoms with Crippen molar-refractivity contribution in [3.63, 3.8) is 0 Å². The number of ether oxygens (including phenoxy) is 1. The van der Waals surface area contributed by atoms with E-state index in [1.54, 1.807) is 4.90 Å². The second-order valence-electron chi connectivity index (χ2n) is 5.17. The van der Waals surface area contributed by atoms with Crippen molar-refractivity contribution in [2.75, 3.05) is 13.7 Å². The summed E-state index contributed by atoms with van der Waals surface area (Å²) in [6.07, 6.45) is 4.53. The van der Waals surface area contributed by atoms with Gasteiger partial charge in [-0.2, -0.15) is 0 Å². The lowest BCUT2D eigenvalue weighted by atomic mass is 9.94. The first-order valence-electron chi connectivity index (χ1n) is 6.51. The third kappa shape index (κ3) is 1.91. The van der Waals surface area contributed by atoms with E-state index in [1.807, 2.05) is 0 Å². The van der Waals surface area contributed by atoms with Crippen LogP contribution in [0, 0.1) is 11.8 Å². The van der Waals surface area contributed by atoms with E-state index in [0.717, 1.165) is 19.3 Å². The molecule has 1 aromatic rings. The molecule has 102 valence electrons. The zero-order valence-electron chi connectivity index (χ0n) is 10.7. The Bertz CT molecular complexity index is 485. The molecule has 1 saturated carbocycles. The topological polar surface area (TPSA) is 72.6 Å². The van der Waals surface area contributed by atoms with Crippen molar-refractivity contribution in [1.29, 1.82) is 0 Å². The number of carbonyl (C=O) groups excluding carboxylic acids is 2. The second-order valence-corrected chi connectivity index (χ2v) is 5.17. The van der Waals surface area contributed by atoms with Crippen LogP contribution < -0.4 is 0 Å². The van der Waals surface area contributed by atoms with Gasteiger partial charge in [-0.25, -0.2) is 4.79 Å². The van der Waals surface area contributed by atoms with Crippen LogP contribution in [0.5, 0.6) is 0 Å². The van der Waals surface area contributed by atoms with Crippen LogP contribution in [0.3, 0.4) is 0 Å². The van der Waals surface area contributed by atoms with Crippen molar-refractivity contribution >= 4 is 11.9 Å². The van der Waals surface area contributed by atoms with Gasteiger partial charge in [0.15, 0.2) is 5.69 Å². The number of esters is 1. The van der Waals surface area contributed by atoms with E-state index in [-0.39, 0.29) is 23.5 Å². The number of hydrogen-bond acceptors (Lipinski definition) is 5. The van der Waals surface area contributed by atoms with Crippen LogP contribution in [0.2, 0.25) is 0 Å². The molecule has 2 heterocycles. The summed E-state index contributed by atoms with van der Waals surface area (Å²) in [7, 11) is 1.36. The summed E-state index contributed by atoms with van der Waals surface area (Å²) in [5.41, 5.74) is 0.244. The number of carbonyl (C=O) groups is 2. The standard InChI is InChI=1S/C13H16N2O4/c1-18-13(17)11-9-4-2-3-8(9)7-15(11)12(16)10-5-6-19-14-10/h5-6,8-9,11H,2-4,7H2,1H3/t8-,9-,11+/m1/s1. The molecule has 1 amide bonds. The van der Waals surface area contributed by atoms with Crippen molar-refractivity contribution in [2.24, 2.45) is 11.8 Å². The van der Waals surface area contributed by atoms with Crippen LogP contribution >= 0.6 is 0 Å². The fourth-order valence-corrected chi connectivity index (χ4v) is 3.41. The Morgan fingerprint density at radius 3 is 3.00 bits per heavy atom. The predicted molar refractivity (Wildman–Crippen MR) is 64.2 cm³/mol. The highest BCUT2D eigenvalue weighted by atomic mass is 16.5. The lowest BCUT2D eigenvalue weighted by Crippen LogP contribution is -2.44. The van der Waals surface area contributed by atoms with E-state index >= 15 is 0 Å². The van der Waals surface area contributed by atoms with Crippen molar-refractivity contribution < 1.29 is 18.8 Å². The molecule has 1 saturated heterocycles. The molecule has 0 aromatic carbocycles. The van der Waals surface area contributed by atoms with Gasteiger partial charge in [0.25, 0.3) is 5.91 Å². The first-order chi connectivity index (χ1) is 9.22. The SMILES string of the molecule is COC(=O)[C@@H]1[C@@H]2CCC[C@@H]2CN1C(=O)c1ccon1. The largest absolute Gasteiger partial charge is 0.467 e. The smallest absolute Gasteiger partial charge is 0.328 e. The Labute approximate surface area is 110 Å². The van der Waals surface area contributed by atoms with E-state index in [2.05, 4.69) is 5.16 Å². The second kappa shape index (κ2) is 4.68. The molecule has 2 aliphatic rings. The zero-order chi connectivity index (χ0) is 13.4. The van der Waals surface area contributed by atoms with Crippen LogP contribution in [0.15, 0.2) is 16.9 Å². The van der Waals surface area contributed by atoms with Gasteiger partial charge in [0, 0.05) is 12.6 Å². The molecule has 1 aliphatic heterocycles. The van der Waals surface area contributed by atoms with Crippen molar-refractivity contribution in [1.82, 2.24) is 10.1 Å². The van der Waals surface area contributed by atoms with Gasteiger partial charge in [0.05, 0.1) is 7.11 Å². The highest BCUT2D eigenvalue weighted by molar-refractivity contribution is 5.95. The molecule has 1 aromatic heterocycles. The van der Waals surface area contributed by atoms with Crippen molar-refractivity contribution in [3.05, 3.63) is 18.0 Å². The van der Waals surface area contributed by atoms with Crippen molar-refractivity contribution in [3.8, 4) is 0 Å². The van der Waals surface area contributed by atoms with Crippen LogP contribution in [-0.4, -0.2) is 41.6 Å². The molecule has 0 N–H and O–H groups in total. The van der Waals surface area contributed by atoms with E-state index in [4.69, 9.17) is 9.26 Å². The van der Waals surface area contributed by atoms with Gasteiger partial charge in [0.1, 0.15) is 12.3 Å². The highest BCUT2D eigenvalue weighted by Crippen LogP contribution is 2.42. The minimum atomic E-state index is -0.471. The summed E-state index contributed by atoms with van der Waals surface area (Å²) in [5.74, 6) is 0.0491. The molecule has 1 aliphatic carbocycles. The first kappa shape index (κ1) is 12.2. The number of nitrogens with zero attached hydrogens (tertiary/aromatic N) is 2. The third-order valence-electron chi connectivity index (χ3n) is 4.25. The quantitative estimate of drug-likeness (QED) is 0.748. The number of hydrogen-bond donors (Lipinski definition) is 0.